The minimum absolute atomic E-state index is 0.0522. The highest BCUT2D eigenvalue weighted by atomic mass is 16.4. The first kappa shape index (κ1) is 12.0. The zero-order chi connectivity index (χ0) is 12.4. The molecule has 0 amide bonds. The van der Waals surface area contributed by atoms with E-state index >= 15 is 0 Å². The standard InChI is InChI=1S/C14H19NO2/c1-10-7-12-5-3-4-6-13(12)15(9-10)11(2)8-14(16)17/h3-6,10-11H,7-9H2,1-2H3,(H,16,17). The van der Waals surface area contributed by atoms with Crippen LogP contribution in [-0.2, 0) is 11.2 Å². The van der Waals surface area contributed by atoms with E-state index in [1.165, 1.54) is 11.3 Å². The Morgan fingerprint density at radius 1 is 1.53 bits per heavy atom. The van der Waals surface area contributed by atoms with E-state index < -0.39 is 5.97 Å². The summed E-state index contributed by atoms with van der Waals surface area (Å²) in [4.78, 5) is 13.1. The summed E-state index contributed by atoms with van der Waals surface area (Å²) in [7, 11) is 0. The first-order chi connectivity index (χ1) is 8.08. The molecular weight excluding hydrogens is 214 g/mol. The smallest absolute Gasteiger partial charge is 0.305 e. The molecule has 0 saturated heterocycles. The van der Waals surface area contributed by atoms with E-state index in [-0.39, 0.29) is 12.5 Å². The van der Waals surface area contributed by atoms with Crippen molar-refractivity contribution in [2.75, 3.05) is 11.4 Å². The first-order valence-electron chi connectivity index (χ1n) is 6.14. The highest BCUT2D eigenvalue weighted by molar-refractivity contribution is 5.69. The average Bonchev–Trinajstić information content (AvgIpc) is 2.26. The van der Waals surface area contributed by atoms with Gasteiger partial charge in [-0.15, -0.1) is 0 Å². The van der Waals surface area contributed by atoms with Crippen LogP contribution in [0.5, 0.6) is 0 Å². The first-order valence-corrected chi connectivity index (χ1v) is 6.14. The number of benzene rings is 1. The lowest BCUT2D eigenvalue weighted by molar-refractivity contribution is -0.137. The van der Waals surface area contributed by atoms with Crippen molar-refractivity contribution in [1.29, 1.82) is 0 Å². The van der Waals surface area contributed by atoms with E-state index in [1.807, 2.05) is 13.0 Å². The summed E-state index contributed by atoms with van der Waals surface area (Å²) in [6.07, 6.45) is 1.29. The molecule has 0 saturated carbocycles. The summed E-state index contributed by atoms with van der Waals surface area (Å²) in [5, 5.41) is 8.90. The third-order valence-electron chi connectivity index (χ3n) is 3.38. The lowest BCUT2D eigenvalue weighted by Crippen LogP contribution is -2.41. The number of carboxylic acid groups (broad SMARTS) is 1. The molecule has 0 aliphatic carbocycles. The summed E-state index contributed by atoms with van der Waals surface area (Å²) in [6, 6.07) is 8.37. The van der Waals surface area contributed by atoms with Crippen LogP contribution in [-0.4, -0.2) is 23.7 Å². The second-order valence-corrected chi connectivity index (χ2v) is 5.04. The van der Waals surface area contributed by atoms with Crippen molar-refractivity contribution in [3.63, 3.8) is 0 Å². The van der Waals surface area contributed by atoms with Crippen LogP contribution in [0, 0.1) is 5.92 Å². The zero-order valence-corrected chi connectivity index (χ0v) is 10.4. The molecule has 3 nitrogen and oxygen atoms in total. The third kappa shape index (κ3) is 2.60. The molecule has 92 valence electrons. The minimum Gasteiger partial charge on any atom is -0.481 e. The Morgan fingerprint density at radius 2 is 2.24 bits per heavy atom. The number of rotatable bonds is 3. The molecule has 0 radical (unpaired) electrons. The summed E-state index contributed by atoms with van der Waals surface area (Å²) in [5.41, 5.74) is 2.54. The summed E-state index contributed by atoms with van der Waals surface area (Å²) >= 11 is 0. The van der Waals surface area contributed by atoms with Gasteiger partial charge in [-0.1, -0.05) is 25.1 Å². The van der Waals surface area contributed by atoms with Gasteiger partial charge in [-0.3, -0.25) is 4.79 Å². The minimum atomic E-state index is -0.729. The number of carbonyl (C=O) groups is 1. The van der Waals surface area contributed by atoms with Crippen molar-refractivity contribution in [3.8, 4) is 0 Å². The van der Waals surface area contributed by atoms with E-state index in [0.717, 1.165) is 13.0 Å². The van der Waals surface area contributed by atoms with E-state index in [9.17, 15) is 4.79 Å². The molecule has 0 bridgehead atoms. The predicted molar refractivity (Wildman–Crippen MR) is 68.4 cm³/mol. The van der Waals surface area contributed by atoms with Gasteiger partial charge in [-0.05, 0) is 30.9 Å². The number of anilines is 1. The molecule has 1 aromatic carbocycles. The monoisotopic (exact) mass is 233 g/mol. The quantitative estimate of drug-likeness (QED) is 0.872. The molecule has 2 rings (SSSR count). The van der Waals surface area contributed by atoms with E-state index in [2.05, 4.69) is 30.0 Å². The largest absolute Gasteiger partial charge is 0.481 e. The summed E-state index contributed by atoms with van der Waals surface area (Å²) in [5.74, 6) is -0.144. The SMILES string of the molecule is CC1Cc2ccccc2N(C(C)CC(=O)O)C1. The molecule has 1 aliphatic rings. The maximum absolute atomic E-state index is 10.8. The Hall–Kier alpha value is -1.51. The Kier molecular flexibility index (Phi) is 3.36. The maximum atomic E-state index is 10.8. The van der Waals surface area contributed by atoms with Crippen LogP contribution < -0.4 is 4.90 Å². The predicted octanol–water partition coefficient (Wildman–Crippen LogP) is 2.55. The van der Waals surface area contributed by atoms with Crippen LogP contribution >= 0.6 is 0 Å². The van der Waals surface area contributed by atoms with Gasteiger partial charge in [0.15, 0.2) is 0 Å². The van der Waals surface area contributed by atoms with Crippen molar-refractivity contribution in [2.24, 2.45) is 5.92 Å². The highest BCUT2D eigenvalue weighted by Gasteiger charge is 2.25. The molecule has 1 N–H and O–H groups in total. The van der Waals surface area contributed by atoms with Gasteiger partial charge < -0.3 is 10.0 Å². The van der Waals surface area contributed by atoms with Gasteiger partial charge in [0.1, 0.15) is 0 Å². The molecule has 2 atom stereocenters. The Labute approximate surface area is 102 Å². The van der Waals surface area contributed by atoms with E-state index in [1.54, 1.807) is 0 Å². The number of hydrogen-bond donors (Lipinski definition) is 1. The Balaban J connectivity index is 2.26. The molecular formula is C14H19NO2. The van der Waals surface area contributed by atoms with Gasteiger partial charge in [0.2, 0.25) is 0 Å². The van der Waals surface area contributed by atoms with Crippen LogP contribution in [0.15, 0.2) is 24.3 Å². The number of carboxylic acids is 1. The number of para-hydroxylation sites is 1. The van der Waals surface area contributed by atoms with Crippen molar-refractivity contribution < 1.29 is 9.90 Å². The van der Waals surface area contributed by atoms with Crippen LogP contribution in [0.2, 0.25) is 0 Å². The topological polar surface area (TPSA) is 40.5 Å². The molecule has 0 fully saturated rings. The summed E-state index contributed by atoms with van der Waals surface area (Å²) in [6.45, 7) is 5.16. The van der Waals surface area contributed by atoms with Gasteiger partial charge in [-0.25, -0.2) is 0 Å². The molecule has 3 heteroatoms. The second kappa shape index (κ2) is 4.78. The van der Waals surface area contributed by atoms with Gasteiger partial charge in [0.25, 0.3) is 0 Å². The third-order valence-corrected chi connectivity index (χ3v) is 3.38. The lowest BCUT2D eigenvalue weighted by Gasteiger charge is -2.38. The lowest BCUT2D eigenvalue weighted by atomic mass is 9.92. The van der Waals surface area contributed by atoms with Crippen molar-refractivity contribution in [3.05, 3.63) is 29.8 Å². The Morgan fingerprint density at radius 3 is 2.94 bits per heavy atom. The van der Waals surface area contributed by atoms with Gasteiger partial charge >= 0.3 is 5.97 Å². The van der Waals surface area contributed by atoms with E-state index in [0.29, 0.717) is 5.92 Å². The molecule has 1 heterocycles. The molecule has 0 aromatic heterocycles. The molecule has 1 aromatic rings. The van der Waals surface area contributed by atoms with Crippen LogP contribution in [0.4, 0.5) is 5.69 Å². The number of hydrogen-bond acceptors (Lipinski definition) is 2. The van der Waals surface area contributed by atoms with Gasteiger partial charge in [-0.2, -0.15) is 0 Å². The van der Waals surface area contributed by atoms with Crippen LogP contribution in [0.3, 0.4) is 0 Å². The fourth-order valence-corrected chi connectivity index (χ4v) is 2.62. The highest BCUT2D eigenvalue weighted by Crippen LogP contribution is 2.31. The number of nitrogens with zero attached hydrogens (tertiary/aromatic N) is 1. The molecule has 17 heavy (non-hydrogen) atoms. The van der Waals surface area contributed by atoms with Crippen molar-refractivity contribution in [2.45, 2.75) is 32.7 Å². The number of aliphatic carboxylic acids is 1. The van der Waals surface area contributed by atoms with Crippen molar-refractivity contribution >= 4 is 11.7 Å². The average molecular weight is 233 g/mol. The fraction of sp³-hybridized carbons (Fsp3) is 0.500. The molecule has 0 spiro atoms. The summed E-state index contributed by atoms with van der Waals surface area (Å²) < 4.78 is 0. The normalized spacial score (nSPS) is 20.8. The van der Waals surface area contributed by atoms with Gasteiger partial charge in [0.05, 0.1) is 6.42 Å². The van der Waals surface area contributed by atoms with Crippen molar-refractivity contribution in [1.82, 2.24) is 0 Å². The Bertz CT molecular complexity index is 416. The van der Waals surface area contributed by atoms with Crippen LogP contribution in [0.25, 0.3) is 0 Å². The van der Waals surface area contributed by atoms with Gasteiger partial charge in [0, 0.05) is 18.3 Å². The van der Waals surface area contributed by atoms with E-state index in [4.69, 9.17) is 5.11 Å². The van der Waals surface area contributed by atoms with Crippen LogP contribution in [0.1, 0.15) is 25.8 Å². The maximum Gasteiger partial charge on any atom is 0.305 e. The number of fused-ring (bicyclic) bond motifs is 1. The molecule has 1 aliphatic heterocycles. The fourth-order valence-electron chi connectivity index (χ4n) is 2.62. The zero-order valence-electron chi connectivity index (χ0n) is 10.4. The molecule has 2 unspecified atom stereocenters. The second-order valence-electron chi connectivity index (χ2n) is 5.04.